The Labute approximate surface area is 158 Å². The van der Waals surface area contributed by atoms with Crippen molar-refractivity contribution in [1.82, 2.24) is 25.1 Å². The van der Waals surface area contributed by atoms with Crippen molar-refractivity contribution in [2.45, 2.75) is 32.7 Å². The third-order valence-corrected chi connectivity index (χ3v) is 5.07. The van der Waals surface area contributed by atoms with E-state index in [-0.39, 0.29) is 5.91 Å². The van der Waals surface area contributed by atoms with Gasteiger partial charge in [0.05, 0.1) is 18.1 Å². The van der Waals surface area contributed by atoms with Crippen molar-refractivity contribution in [3.8, 4) is 0 Å². The molecule has 7 nitrogen and oxygen atoms in total. The molecule has 0 saturated carbocycles. The second-order valence-corrected chi connectivity index (χ2v) is 6.92. The summed E-state index contributed by atoms with van der Waals surface area (Å²) in [5.41, 5.74) is 2.49. The average molecular weight is 364 g/mol. The van der Waals surface area contributed by atoms with Gasteiger partial charge in [0.25, 0.3) is 5.91 Å². The smallest absolute Gasteiger partial charge is 0.251 e. The second-order valence-electron chi connectivity index (χ2n) is 6.92. The standard InChI is InChI=1S/C20H24N6O/c1-15-7-3-4-8-16(15)20(27)21-9-12-26-19-17(13-24-26)18(22-14-23-19)25-10-5-2-6-11-25/h3-4,7-8,13-14H,2,5-6,9-12H2,1H3,(H,21,27). The summed E-state index contributed by atoms with van der Waals surface area (Å²) in [6.07, 6.45) is 7.12. The molecule has 3 heterocycles. The fourth-order valence-electron chi connectivity index (χ4n) is 3.60. The number of piperidine rings is 1. The Bertz CT molecular complexity index is 945. The predicted molar refractivity (Wildman–Crippen MR) is 105 cm³/mol. The molecule has 1 saturated heterocycles. The van der Waals surface area contributed by atoms with Crippen molar-refractivity contribution >= 4 is 22.8 Å². The molecular formula is C20H24N6O. The van der Waals surface area contributed by atoms with Crippen LogP contribution >= 0.6 is 0 Å². The number of fused-ring (bicyclic) bond motifs is 1. The third kappa shape index (κ3) is 3.63. The monoisotopic (exact) mass is 364 g/mol. The zero-order valence-electron chi connectivity index (χ0n) is 15.6. The molecule has 1 amide bonds. The molecule has 4 rings (SSSR count). The van der Waals surface area contributed by atoms with Gasteiger partial charge >= 0.3 is 0 Å². The van der Waals surface area contributed by atoms with E-state index in [9.17, 15) is 4.79 Å². The lowest BCUT2D eigenvalue weighted by molar-refractivity contribution is 0.0951. The van der Waals surface area contributed by atoms with Gasteiger partial charge in [0, 0.05) is 25.2 Å². The number of carbonyl (C=O) groups is 1. The maximum atomic E-state index is 12.3. The highest BCUT2D eigenvalue weighted by Gasteiger charge is 2.17. The van der Waals surface area contributed by atoms with Gasteiger partial charge in [-0.1, -0.05) is 18.2 Å². The van der Waals surface area contributed by atoms with E-state index >= 15 is 0 Å². The van der Waals surface area contributed by atoms with Crippen LogP contribution in [0.1, 0.15) is 35.2 Å². The van der Waals surface area contributed by atoms with Crippen molar-refractivity contribution < 1.29 is 4.79 Å². The average Bonchev–Trinajstić information content (AvgIpc) is 3.12. The first-order chi connectivity index (χ1) is 13.2. The number of hydrogen-bond acceptors (Lipinski definition) is 5. The summed E-state index contributed by atoms with van der Waals surface area (Å²) in [4.78, 5) is 23.6. The van der Waals surface area contributed by atoms with Crippen molar-refractivity contribution in [3.05, 3.63) is 47.9 Å². The van der Waals surface area contributed by atoms with Crippen molar-refractivity contribution in [2.24, 2.45) is 0 Å². The maximum absolute atomic E-state index is 12.3. The molecule has 27 heavy (non-hydrogen) atoms. The van der Waals surface area contributed by atoms with Gasteiger partial charge in [0.15, 0.2) is 5.65 Å². The molecule has 1 aromatic carbocycles. The molecule has 0 atom stereocenters. The zero-order chi connectivity index (χ0) is 18.6. The summed E-state index contributed by atoms with van der Waals surface area (Å²) in [6.45, 7) is 5.06. The Balaban J connectivity index is 1.45. The van der Waals surface area contributed by atoms with Crippen LogP contribution in [0.2, 0.25) is 0 Å². The van der Waals surface area contributed by atoms with E-state index in [0.29, 0.717) is 18.7 Å². The van der Waals surface area contributed by atoms with Gasteiger partial charge in [-0.05, 0) is 37.8 Å². The lowest BCUT2D eigenvalue weighted by atomic mass is 10.1. The first-order valence-electron chi connectivity index (χ1n) is 9.49. The van der Waals surface area contributed by atoms with E-state index in [1.807, 2.05) is 42.1 Å². The SMILES string of the molecule is Cc1ccccc1C(=O)NCCn1ncc2c(N3CCCCC3)ncnc21. The molecule has 1 fully saturated rings. The summed E-state index contributed by atoms with van der Waals surface area (Å²) in [6, 6.07) is 7.59. The fraction of sp³-hybridized carbons (Fsp3) is 0.400. The van der Waals surface area contributed by atoms with Crippen molar-refractivity contribution in [2.75, 3.05) is 24.5 Å². The normalized spacial score (nSPS) is 14.5. The quantitative estimate of drug-likeness (QED) is 0.753. The van der Waals surface area contributed by atoms with Crippen LogP contribution in [0.4, 0.5) is 5.82 Å². The van der Waals surface area contributed by atoms with E-state index in [2.05, 4.69) is 25.3 Å². The van der Waals surface area contributed by atoms with E-state index in [0.717, 1.165) is 35.5 Å². The molecular weight excluding hydrogens is 340 g/mol. The number of aromatic nitrogens is 4. The highest BCUT2D eigenvalue weighted by molar-refractivity contribution is 5.95. The molecule has 0 radical (unpaired) electrons. The number of rotatable bonds is 5. The summed E-state index contributed by atoms with van der Waals surface area (Å²) in [7, 11) is 0. The van der Waals surface area contributed by atoms with Crippen LogP contribution in [0.15, 0.2) is 36.8 Å². The molecule has 3 aromatic rings. The number of benzene rings is 1. The second kappa shape index (κ2) is 7.73. The first-order valence-corrected chi connectivity index (χ1v) is 9.49. The molecule has 7 heteroatoms. The summed E-state index contributed by atoms with van der Waals surface area (Å²) in [5.74, 6) is 0.906. The van der Waals surface area contributed by atoms with Crippen LogP contribution in [-0.4, -0.2) is 45.3 Å². The highest BCUT2D eigenvalue weighted by atomic mass is 16.1. The van der Waals surface area contributed by atoms with Crippen LogP contribution in [-0.2, 0) is 6.54 Å². The third-order valence-electron chi connectivity index (χ3n) is 5.07. The zero-order valence-corrected chi connectivity index (χ0v) is 15.6. The molecule has 2 aromatic heterocycles. The van der Waals surface area contributed by atoms with Crippen LogP contribution in [0.3, 0.4) is 0 Å². The molecule has 0 bridgehead atoms. The Kier molecular flexibility index (Phi) is 5.00. The number of nitrogens with one attached hydrogen (secondary N) is 1. The Hall–Kier alpha value is -2.96. The van der Waals surface area contributed by atoms with Gasteiger partial charge in [-0.3, -0.25) is 4.79 Å². The molecule has 1 aliphatic rings. The Morgan fingerprint density at radius 2 is 1.96 bits per heavy atom. The lowest BCUT2D eigenvalue weighted by Crippen LogP contribution is -2.30. The summed E-state index contributed by atoms with van der Waals surface area (Å²) < 4.78 is 1.84. The lowest BCUT2D eigenvalue weighted by Gasteiger charge is -2.27. The number of amides is 1. The topological polar surface area (TPSA) is 75.9 Å². The molecule has 0 unspecified atom stereocenters. The van der Waals surface area contributed by atoms with E-state index in [1.54, 1.807) is 6.33 Å². The maximum Gasteiger partial charge on any atom is 0.251 e. The first kappa shape index (κ1) is 17.5. The van der Waals surface area contributed by atoms with E-state index < -0.39 is 0 Å². The van der Waals surface area contributed by atoms with Gasteiger partial charge in [0.1, 0.15) is 12.1 Å². The largest absolute Gasteiger partial charge is 0.356 e. The minimum Gasteiger partial charge on any atom is -0.356 e. The molecule has 140 valence electrons. The van der Waals surface area contributed by atoms with Crippen LogP contribution in [0.25, 0.3) is 11.0 Å². The van der Waals surface area contributed by atoms with Crippen LogP contribution < -0.4 is 10.2 Å². The minimum absolute atomic E-state index is 0.0619. The van der Waals surface area contributed by atoms with Crippen LogP contribution in [0.5, 0.6) is 0 Å². The molecule has 0 aliphatic carbocycles. The highest BCUT2D eigenvalue weighted by Crippen LogP contribution is 2.25. The Morgan fingerprint density at radius 3 is 2.78 bits per heavy atom. The molecule has 0 spiro atoms. The van der Waals surface area contributed by atoms with Gasteiger partial charge in [-0.15, -0.1) is 0 Å². The van der Waals surface area contributed by atoms with Gasteiger partial charge in [-0.2, -0.15) is 5.10 Å². The van der Waals surface area contributed by atoms with Gasteiger partial charge in [-0.25, -0.2) is 14.6 Å². The van der Waals surface area contributed by atoms with Crippen molar-refractivity contribution in [3.63, 3.8) is 0 Å². The van der Waals surface area contributed by atoms with Gasteiger partial charge in [0.2, 0.25) is 0 Å². The van der Waals surface area contributed by atoms with E-state index in [1.165, 1.54) is 19.3 Å². The fourth-order valence-corrected chi connectivity index (χ4v) is 3.60. The number of hydrogen-bond donors (Lipinski definition) is 1. The molecule has 1 N–H and O–H groups in total. The molecule has 1 aliphatic heterocycles. The summed E-state index contributed by atoms with van der Waals surface area (Å²) in [5, 5.41) is 8.42. The summed E-state index contributed by atoms with van der Waals surface area (Å²) >= 11 is 0. The number of aryl methyl sites for hydroxylation is 1. The van der Waals surface area contributed by atoms with Crippen molar-refractivity contribution in [1.29, 1.82) is 0 Å². The number of nitrogens with zero attached hydrogens (tertiary/aromatic N) is 5. The van der Waals surface area contributed by atoms with Gasteiger partial charge < -0.3 is 10.2 Å². The van der Waals surface area contributed by atoms with E-state index in [4.69, 9.17) is 0 Å². The number of anilines is 1. The van der Waals surface area contributed by atoms with Crippen LogP contribution in [0, 0.1) is 6.92 Å². The predicted octanol–water partition coefficient (Wildman–Crippen LogP) is 2.56. The Morgan fingerprint density at radius 1 is 1.15 bits per heavy atom. The number of carbonyl (C=O) groups excluding carboxylic acids is 1. The minimum atomic E-state index is -0.0619.